The molecule has 0 aliphatic heterocycles. The first-order valence-corrected chi connectivity index (χ1v) is 5.12. The van der Waals surface area contributed by atoms with Crippen LogP contribution in [0.25, 0.3) is 0 Å². The molecule has 0 atom stereocenters. The van der Waals surface area contributed by atoms with Crippen molar-refractivity contribution in [1.82, 2.24) is 0 Å². The summed E-state index contributed by atoms with van der Waals surface area (Å²) in [6.07, 6.45) is -2.86. The van der Waals surface area contributed by atoms with Gasteiger partial charge < -0.3 is 46.0 Å². The van der Waals surface area contributed by atoms with Crippen molar-refractivity contribution in [1.29, 1.82) is 0 Å². The fourth-order valence-electron chi connectivity index (χ4n) is 0.173. The third-order valence-corrected chi connectivity index (χ3v) is 1.26. The molecule has 0 saturated heterocycles. The molecule has 19 heavy (non-hydrogen) atoms. The second-order valence-corrected chi connectivity index (χ2v) is 3.06. The van der Waals surface area contributed by atoms with Crippen LogP contribution in [0.4, 0.5) is 0 Å². The van der Waals surface area contributed by atoms with E-state index in [9.17, 15) is 0 Å². The molecule has 0 aliphatic rings. The van der Waals surface area contributed by atoms with Gasteiger partial charge in [-0.25, -0.2) is 0 Å². The van der Waals surface area contributed by atoms with E-state index < -0.39 is 18.3 Å². The summed E-state index contributed by atoms with van der Waals surface area (Å²) in [5, 5.41) is 72.0. The van der Waals surface area contributed by atoms with E-state index in [0.717, 1.165) is 0 Å². The molecule has 0 heterocycles. The largest absolute Gasteiger partial charge is 0.394 e. The number of aliphatic hydroxyl groups is 9. The topological polar surface area (TPSA) is 182 Å². The standard InChI is InChI=1S/3C3H8O3.Ti/c3*4-1-3(6)2-5;/h3*3-6H,1-2H2;. The van der Waals surface area contributed by atoms with Crippen molar-refractivity contribution in [3.8, 4) is 0 Å². The molecular weight excluding hydrogens is 300 g/mol. The van der Waals surface area contributed by atoms with Gasteiger partial charge in [0, 0.05) is 21.7 Å². The van der Waals surface area contributed by atoms with E-state index in [1.165, 1.54) is 0 Å². The van der Waals surface area contributed by atoms with Crippen molar-refractivity contribution in [2.24, 2.45) is 0 Å². The smallest absolute Gasteiger partial charge is 0.100 e. The summed E-state index contributed by atoms with van der Waals surface area (Å²) in [5.41, 5.74) is 0. The van der Waals surface area contributed by atoms with Gasteiger partial charge in [-0.1, -0.05) is 0 Å². The Hall–Kier alpha value is 0.354. The Labute approximate surface area is 126 Å². The van der Waals surface area contributed by atoms with Gasteiger partial charge in [-0.15, -0.1) is 0 Å². The Morgan fingerprint density at radius 3 is 0.526 bits per heavy atom. The molecular formula is C9H24O9Ti. The van der Waals surface area contributed by atoms with E-state index >= 15 is 0 Å². The average molecular weight is 324 g/mol. The predicted molar refractivity (Wildman–Crippen MR) is 60.5 cm³/mol. The Bertz CT molecular complexity index is 105. The van der Waals surface area contributed by atoms with Gasteiger partial charge in [-0.05, 0) is 0 Å². The molecule has 0 fully saturated rings. The van der Waals surface area contributed by atoms with Crippen LogP contribution < -0.4 is 0 Å². The molecule has 0 aromatic heterocycles. The number of hydrogen-bond donors (Lipinski definition) is 9. The summed E-state index contributed by atoms with van der Waals surface area (Å²) >= 11 is 0. The predicted octanol–water partition coefficient (Wildman–Crippen LogP) is -5.01. The number of rotatable bonds is 6. The van der Waals surface area contributed by atoms with E-state index in [0.29, 0.717) is 0 Å². The first-order valence-electron chi connectivity index (χ1n) is 5.12. The molecule has 0 unspecified atom stereocenters. The minimum Gasteiger partial charge on any atom is -0.394 e. The Morgan fingerprint density at radius 2 is 0.526 bits per heavy atom. The van der Waals surface area contributed by atoms with Gasteiger partial charge in [-0.3, -0.25) is 0 Å². The van der Waals surface area contributed by atoms with Crippen LogP contribution in [0.1, 0.15) is 0 Å². The van der Waals surface area contributed by atoms with Gasteiger partial charge in [0.2, 0.25) is 0 Å². The third-order valence-electron chi connectivity index (χ3n) is 1.26. The molecule has 118 valence electrons. The molecule has 0 amide bonds. The summed E-state index contributed by atoms with van der Waals surface area (Å²) in [7, 11) is 0. The third kappa shape index (κ3) is 32.2. The molecule has 0 rings (SSSR count). The van der Waals surface area contributed by atoms with Gasteiger partial charge in [0.05, 0.1) is 39.6 Å². The zero-order chi connectivity index (χ0) is 15.0. The van der Waals surface area contributed by atoms with Gasteiger partial charge in [0.1, 0.15) is 18.3 Å². The number of hydrogen-bond acceptors (Lipinski definition) is 9. The summed E-state index contributed by atoms with van der Waals surface area (Å²) in [6.45, 7) is -2.19. The fourth-order valence-corrected chi connectivity index (χ4v) is 0.173. The minimum absolute atomic E-state index is 0. The van der Waals surface area contributed by atoms with Crippen LogP contribution >= 0.6 is 0 Å². The van der Waals surface area contributed by atoms with E-state index in [-0.39, 0.29) is 61.4 Å². The summed E-state index contributed by atoms with van der Waals surface area (Å²) in [4.78, 5) is 0. The molecule has 0 radical (unpaired) electrons. The summed E-state index contributed by atoms with van der Waals surface area (Å²) in [5.74, 6) is 0. The van der Waals surface area contributed by atoms with E-state index in [1.54, 1.807) is 0 Å². The van der Waals surface area contributed by atoms with Gasteiger partial charge in [0.15, 0.2) is 0 Å². The van der Waals surface area contributed by atoms with Gasteiger partial charge in [0.25, 0.3) is 0 Å². The maximum Gasteiger partial charge on any atom is 0.100 e. The SMILES string of the molecule is OCC(O)CO.OCC(O)CO.OCC(O)CO.[Ti]. The molecule has 9 N–H and O–H groups in total. The van der Waals surface area contributed by atoms with Crippen LogP contribution in [0, 0.1) is 0 Å². The molecule has 0 aromatic carbocycles. The quantitative estimate of drug-likeness (QED) is 0.216. The zero-order valence-corrected chi connectivity index (χ0v) is 12.1. The van der Waals surface area contributed by atoms with E-state index in [2.05, 4.69) is 0 Å². The van der Waals surface area contributed by atoms with Crippen molar-refractivity contribution < 1.29 is 67.7 Å². The first-order chi connectivity index (χ1) is 8.42. The monoisotopic (exact) mass is 324 g/mol. The molecule has 10 heteroatoms. The first kappa shape index (κ1) is 27.7. The average Bonchev–Trinajstić information content (AvgIpc) is 2.45. The van der Waals surface area contributed by atoms with Crippen LogP contribution in [0.2, 0.25) is 0 Å². The van der Waals surface area contributed by atoms with Crippen molar-refractivity contribution in [3.63, 3.8) is 0 Å². The Morgan fingerprint density at radius 1 is 0.421 bits per heavy atom. The normalized spacial score (nSPS) is 9.47. The minimum atomic E-state index is -0.954. The van der Waals surface area contributed by atoms with Crippen LogP contribution in [-0.4, -0.2) is 104 Å². The van der Waals surface area contributed by atoms with E-state index in [1.807, 2.05) is 0 Å². The maximum absolute atomic E-state index is 8.17. The summed E-state index contributed by atoms with van der Waals surface area (Å²) in [6, 6.07) is 0. The van der Waals surface area contributed by atoms with Crippen LogP contribution in [0.15, 0.2) is 0 Å². The molecule has 0 saturated carbocycles. The molecule has 0 bridgehead atoms. The van der Waals surface area contributed by atoms with Crippen LogP contribution in [0.3, 0.4) is 0 Å². The van der Waals surface area contributed by atoms with Crippen molar-refractivity contribution in [2.45, 2.75) is 18.3 Å². The second kappa shape index (κ2) is 23.4. The van der Waals surface area contributed by atoms with Gasteiger partial charge >= 0.3 is 0 Å². The Balaban J connectivity index is -0.0000000865. The Kier molecular flexibility index (Phi) is 34.1. The zero-order valence-electron chi connectivity index (χ0n) is 10.5. The molecule has 0 aromatic rings. The number of aliphatic hydroxyl groups excluding tert-OH is 9. The molecule has 0 aliphatic carbocycles. The van der Waals surface area contributed by atoms with Crippen LogP contribution in [0.5, 0.6) is 0 Å². The van der Waals surface area contributed by atoms with Crippen molar-refractivity contribution in [3.05, 3.63) is 0 Å². The maximum atomic E-state index is 8.17. The molecule has 9 nitrogen and oxygen atoms in total. The van der Waals surface area contributed by atoms with Crippen LogP contribution in [-0.2, 0) is 21.7 Å². The fraction of sp³-hybridized carbons (Fsp3) is 1.00. The van der Waals surface area contributed by atoms with Crippen molar-refractivity contribution >= 4 is 0 Å². The van der Waals surface area contributed by atoms with E-state index in [4.69, 9.17) is 46.0 Å². The summed E-state index contributed by atoms with van der Waals surface area (Å²) < 4.78 is 0. The molecule has 0 spiro atoms. The van der Waals surface area contributed by atoms with Crippen molar-refractivity contribution in [2.75, 3.05) is 39.6 Å². The second-order valence-electron chi connectivity index (χ2n) is 3.06. The van der Waals surface area contributed by atoms with Gasteiger partial charge in [-0.2, -0.15) is 0 Å².